The average molecular weight is 386 g/mol. The zero-order valence-corrected chi connectivity index (χ0v) is 16.8. The number of hydrogen-bond acceptors (Lipinski definition) is 5. The maximum atomic E-state index is 12.9. The van der Waals surface area contributed by atoms with E-state index in [9.17, 15) is 13.2 Å². The molecule has 3 rings (SSSR count). The van der Waals surface area contributed by atoms with Gasteiger partial charge in [-0.2, -0.15) is 5.10 Å². The molecule has 7 nitrogen and oxygen atoms in total. The summed E-state index contributed by atoms with van der Waals surface area (Å²) in [5, 5.41) is 8.07. The summed E-state index contributed by atoms with van der Waals surface area (Å²) in [4.78, 5) is 17.6. The largest absolute Gasteiger partial charge is 0.345 e. The smallest absolute Gasteiger partial charge is 0.252 e. The van der Waals surface area contributed by atoms with Crippen molar-refractivity contribution in [1.29, 1.82) is 0 Å². The van der Waals surface area contributed by atoms with Gasteiger partial charge in [-0.05, 0) is 44.5 Å². The van der Waals surface area contributed by atoms with Crippen molar-refractivity contribution < 1.29 is 13.2 Å². The highest BCUT2D eigenvalue weighted by molar-refractivity contribution is 7.90. The molecule has 0 bridgehead atoms. The first-order valence-electron chi connectivity index (χ1n) is 8.49. The molecule has 0 saturated carbocycles. The van der Waals surface area contributed by atoms with Gasteiger partial charge in [-0.25, -0.2) is 13.4 Å². The first-order chi connectivity index (χ1) is 12.6. The molecular formula is C19H22N4O3S. The van der Waals surface area contributed by atoms with E-state index in [1.807, 2.05) is 20.8 Å². The van der Waals surface area contributed by atoms with E-state index in [1.165, 1.54) is 6.26 Å². The van der Waals surface area contributed by atoms with E-state index in [4.69, 9.17) is 0 Å². The summed E-state index contributed by atoms with van der Waals surface area (Å²) in [5.74, 6) is -0.221. The maximum absolute atomic E-state index is 12.9. The number of pyridine rings is 1. The molecule has 0 fully saturated rings. The molecule has 8 heteroatoms. The SMILES string of the molecule is Cc1cc(C(=O)NC(C)c2ccc(S(C)(=O)=O)cc2)c2c(C)nn(C)c2n1. The quantitative estimate of drug-likeness (QED) is 0.743. The van der Waals surface area contributed by atoms with Crippen molar-refractivity contribution in [2.24, 2.45) is 7.05 Å². The molecule has 2 aromatic heterocycles. The van der Waals surface area contributed by atoms with E-state index >= 15 is 0 Å². The molecule has 2 heterocycles. The highest BCUT2D eigenvalue weighted by Gasteiger charge is 2.19. The minimum atomic E-state index is -3.25. The third kappa shape index (κ3) is 3.71. The van der Waals surface area contributed by atoms with Gasteiger partial charge in [0, 0.05) is 19.0 Å². The Labute approximate surface area is 158 Å². The predicted octanol–water partition coefficient (Wildman–Crippen LogP) is 2.48. The van der Waals surface area contributed by atoms with Gasteiger partial charge < -0.3 is 5.32 Å². The lowest BCUT2D eigenvalue weighted by Gasteiger charge is -2.15. The number of amides is 1. The second-order valence-corrected chi connectivity index (χ2v) is 8.77. The van der Waals surface area contributed by atoms with Crippen molar-refractivity contribution in [2.75, 3.05) is 6.26 Å². The van der Waals surface area contributed by atoms with Crippen LogP contribution in [-0.4, -0.2) is 35.3 Å². The average Bonchev–Trinajstić information content (AvgIpc) is 2.87. The monoisotopic (exact) mass is 386 g/mol. The molecule has 0 aliphatic carbocycles. The molecule has 3 aromatic rings. The number of sulfone groups is 1. The van der Waals surface area contributed by atoms with Crippen molar-refractivity contribution >= 4 is 26.8 Å². The van der Waals surface area contributed by atoms with E-state index in [0.717, 1.165) is 22.3 Å². The standard InChI is InChI=1S/C19H22N4O3S/c1-11-10-16(17-13(3)22-23(4)18(17)20-11)19(24)21-12(2)14-6-8-15(9-7-14)27(5,25)26/h6-10,12H,1-5H3,(H,21,24). The highest BCUT2D eigenvalue weighted by Crippen LogP contribution is 2.23. The van der Waals surface area contributed by atoms with Crippen LogP contribution in [0.5, 0.6) is 0 Å². The van der Waals surface area contributed by atoms with Gasteiger partial charge in [0.15, 0.2) is 15.5 Å². The summed E-state index contributed by atoms with van der Waals surface area (Å²) in [6, 6.07) is 7.99. The van der Waals surface area contributed by atoms with Crippen LogP contribution in [0.1, 0.15) is 40.3 Å². The summed E-state index contributed by atoms with van der Waals surface area (Å²) in [6.07, 6.45) is 1.17. The summed E-state index contributed by atoms with van der Waals surface area (Å²) < 4.78 is 24.8. The fraction of sp³-hybridized carbons (Fsp3) is 0.316. The van der Waals surface area contributed by atoms with E-state index < -0.39 is 9.84 Å². The zero-order valence-electron chi connectivity index (χ0n) is 15.9. The normalized spacial score (nSPS) is 12.9. The van der Waals surface area contributed by atoms with Crippen LogP contribution in [0.3, 0.4) is 0 Å². The Morgan fingerprint density at radius 1 is 1.19 bits per heavy atom. The number of nitrogens with zero attached hydrogens (tertiary/aromatic N) is 3. The Morgan fingerprint density at radius 2 is 1.81 bits per heavy atom. The van der Waals surface area contributed by atoms with Crippen LogP contribution in [0, 0.1) is 13.8 Å². The fourth-order valence-corrected chi connectivity index (χ4v) is 3.74. The van der Waals surface area contributed by atoms with Crippen LogP contribution >= 0.6 is 0 Å². The van der Waals surface area contributed by atoms with E-state index in [-0.39, 0.29) is 16.8 Å². The molecule has 0 saturated heterocycles. The van der Waals surface area contributed by atoms with Gasteiger partial charge in [-0.1, -0.05) is 12.1 Å². The number of carbonyl (C=O) groups excluding carboxylic acids is 1. The van der Waals surface area contributed by atoms with Crippen molar-refractivity contribution in [3.05, 3.63) is 52.8 Å². The summed E-state index contributed by atoms with van der Waals surface area (Å²) in [7, 11) is -1.45. The van der Waals surface area contributed by atoms with Crippen LogP contribution in [-0.2, 0) is 16.9 Å². The molecule has 1 amide bonds. The minimum Gasteiger partial charge on any atom is -0.345 e. The van der Waals surface area contributed by atoms with Gasteiger partial charge in [0.2, 0.25) is 0 Å². The predicted molar refractivity (Wildman–Crippen MR) is 103 cm³/mol. The number of hydrogen-bond donors (Lipinski definition) is 1. The molecule has 0 spiro atoms. The van der Waals surface area contributed by atoms with Crippen LogP contribution in [0.4, 0.5) is 0 Å². The molecule has 0 aliphatic rings. The Balaban J connectivity index is 1.90. The van der Waals surface area contributed by atoms with Gasteiger partial charge in [0.25, 0.3) is 5.91 Å². The molecule has 1 N–H and O–H groups in total. The second kappa shape index (κ2) is 6.77. The van der Waals surface area contributed by atoms with Crippen molar-refractivity contribution in [3.63, 3.8) is 0 Å². The van der Waals surface area contributed by atoms with E-state index in [0.29, 0.717) is 11.2 Å². The summed E-state index contributed by atoms with van der Waals surface area (Å²) >= 11 is 0. The van der Waals surface area contributed by atoms with Gasteiger partial charge >= 0.3 is 0 Å². The zero-order chi connectivity index (χ0) is 19.9. The first kappa shape index (κ1) is 19.0. The third-order valence-corrected chi connectivity index (χ3v) is 5.63. The van der Waals surface area contributed by atoms with Crippen LogP contribution in [0.2, 0.25) is 0 Å². The number of fused-ring (bicyclic) bond motifs is 1. The van der Waals surface area contributed by atoms with Crippen LogP contribution in [0.25, 0.3) is 11.0 Å². The van der Waals surface area contributed by atoms with Gasteiger partial charge in [0.05, 0.1) is 27.6 Å². The van der Waals surface area contributed by atoms with Crippen molar-refractivity contribution in [1.82, 2.24) is 20.1 Å². The molecule has 0 radical (unpaired) electrons. The number of carbonyl (C=O) groups is 1. The van der Waals surface area contributed by atoms with Crippen LogP contribution in [0.15, 0.2) is 35.2 Å². The van der Waals surface area contributed by atoms with Crippen LogP contribution < -0.4 is 5.32 Å². The second-order valence-electron chi connectivity index (χ2n) is 6.76. The van der Waals surface area contributed by atoms with Gasteiger partial charge in [-0.3, -0.25) is 9.48 Å². The van der Waals surface area contributed by atoms with Crippen molar-refractivity contribution in [3.8, 4) is 0 Å². The third-order valence-electron chi connectivity index (χ3n) is 4.50. The van der Waals surface area contributed by atoms with Gasteiger partial charge in [-0.15, -0.1) is 0 Å². The van der Waals surface area contributed by atoms with Crippen molar-refractivity contribution in [2.45, 2.75) is 31.7 Å². The lowest BCUT2D eigenvalue weighted by Crippen LogP contribution is -2.27. The topological polar surface area (TPSA) is 94.0 Å². The number of rotatable bonds is 4. The molecule has 27 heavy (non-hydrogen) atoms. The lowest BCUT2D eigenvalue weighted by atomic mass is 10.1. The minimum absolute atomic E-state index is 0.221. The number of nitrogens with one attached hydrogen (secondary N) is 1. The Hall–Kier alpha value is -2.74. The number of benzene rings is 1. The van der Waals surface area contributed by atoms with Gasteiger partial charge in [0.1, 0.15) is 0 Å². The summed E-state index contributed by atoms with van der Waals surface area (Å²) in [5.41, 5.74) is 3.50. The Morgan fingerprint density at radius 3 is 2.41 bits per heavy atom. The number of aryl methyl sites for hydroxylation is 3. The van der Waals surface area contributed by atoms with E-state index in [1.54, 1.807) is 42.1 Å². The van der Waals surface area contributed by atoms with E-state index in [2.05, 4.69) is 15.4 Å². The fourth-order valence-electron chi connectivity index (χ4n) is 3.11. The molecule has 142 valence electrons. The number of aromatic nitrogens is 3. The lowest BCUT2D eigenvalue weighted by molar-refractivity contribution is 0.0941. The molecule has 1 aromatic carbocycles. The molecular weight excluding hydrogens is 364 g/mol. The maximum Gasteiger partial charge on any atom is 0.252 e. The molecule has 1 atom stereocenters. The first-order valence-corrected chi connectivity index (χ1v) is 10.4. The summed E-state index contributed by atoms with van der Waals surface area (Å²) in [6.45, 7) is 5.55. The highest BCUT2D eigenvalue weighted by atomic mass is 32.2. The molecule has 0 aliphatic heterocycles. The Kier molecular flexibility index (Phi) is 4.77. The molecule has 1 unspecified atom stereocenters. The Bertz CT molecular complexity index is 1130.